The third kappa shape index (κ3) is 5.72. The van der Waals surface area contributed by atoms with Crippen LogP contribution in [0.1, 0.15) is 35.2 Å². The van der Waals surface area contributed by atoms with Gasteiger partial charge in [-0.3, -0.25) is 4.79 Å². The second kappa shape index (κ2) is 10.1. The van der Waals surface area contributed by atoms with E-state index in [0.29, 0.717) is 50.1 Å². The van der Waals surface area contributed by atoms with Crippen molar-refractivity contribution in [3.05, 3.63) is 53.6 Å². The van der Waals surface area contributed by atoms with Gasteiger partial charge < -0.3 is 14.5 Å². The molecule has 1 N–H and O–H groups in total. The molecule has 1 aliphatic carbocycles. The Kier molecular flexibility index (Phi) is 7.27. The number of hydrogen-bond acceptors (Lipinski definition) is 5. The zero-order valence-corrected chi connectivity index (χ0v) is 20.2. The van der Waals surface area contributed by atoms with Gasteiger partial charge >= 0.3 is 6.18 Å². The summed E-state index contributed by atoms with van der Waals surface area (Å²) in [6.07, 6.45) is -1.09. The summed E-state index contributed by atoms with van der Waals surface area (Å²) in [5.74, 6) is 0.446. The molecule has 0 unspecified atom stereocenters. The van der Waals surface area contributed by atoms with Crippen molar-refractivity contribution in [3.8, 4) is 5.75 Å². The van der Waals surface area contributed by atoms with Gasteiger partial charge in [0.25, 0.3) is 5.91 Å². The molecule has 1 amide bonds. The number of sulfonamides is 1. The lowest BCUT2D eigenvalue weighted by atomic mass is 9.86. The molecule has 0 spiro atoms. The maximum absolute atomic E-state index is 13.4. The standard InChI is InChI=1S/C24H28F3N3O4S/c1-28-35(32,33)20-9-10-22(34-16-17-3-2-4-17)21(15-20)23(31)30-13-11-29(12-14-30)19-7-5-18(6-8-19)24(25,26)27/h5-10,15,17,28H,2-4,11-14,16H2,1H3. The summed E-state index contributed by atoms with van der Waals surface area (Å²) in [6.45, 7) is 2.02. The summed E-state index contributed by atoms with van der Waals surface area (Å²) in [4.78, 5) is 16.9. The van der Waals surface area contributed by atoms with E-state index in [4.69, 9.17) is 4.74 Å². The third-order valence-corrected chi connectivity index (χ3v) is 8.00. The van der Waals surface area contributed by atoms with Gasteiger partial charge in [0.15, 0.2) is 0 Å². The minimum Gasteiger partial charge on any atom is -0.492 e. The lowest BCUT2D eigenvalue weighted by Gasteiger charge is -2.36. The first-order chi connectivity index (χ1) is 16.6. The van der Waals surface area contributed by atoms with E-state index >= 15 is 0 Å². The van der Waals surface area contributed by atoms with Crippen LogP contribution in [0.3, 0.4) is 0 Å². The normalized spacial score (nSPS) is 17.3. The Balaban J connectivity index is 1.48. The summed E-state index contributed by atoms with van der Waals surface area (Å²) in [5, 5.41) is 0. The SMILES string of the molecule is CNS(=O)(=O)c1ccc(OCC2CCC2)c(C(=O)N2CCN(c3ccc(C(F)(F)F)cc3)CC2)c1. The molecule has 2 aliphatic rings. The fraction of sp³-hybridized carbons (Fsp3) is 0.458. The minimum absolute atomic E-state index is 0.0252. The number of amides is 1. The number of carbonyl (C=O) groups excluding carboxylic acids is 1. The fourth-order valence-corrected chi connectivity index (χ4v) is 4.91. The van der Waals surface area contributed by atoms with Gasteiger partial charge in [-0.25, -0.2) is 13.1 Å². The van der Waals surface area contributed by atoms with E-state index in [9.17, 15) is 26.4 Å². The van der Waals surface area contributed by atoms with E-state index in [1.54, 1.807) is 4.90 Å². The first kappa shape index (κ1) is 25.3. The molecule has 1 saturated carbocycles. The molecule has 0 radical (unpaired) electrons. The molecule has 190 valence electrons. The second-order valence-electron chi connectivity index (χ2n) is 8.80. The van der Waals surface area contributed by atoms with Crippen LogP contribution in [-0.4, -0.2) is 59.1 Å². The van der Waals surface area contributed by atoms with E-state index < -0.39 is 21.8 Å². The maximum atomic E-state index is 13.4. The number of halogens is 3. The molecule has 35 heavy (non-hydrogen) atoms. The zero-order valence-electron chi connectivity index (χ0n) is 19.3. The summed E-state index contributed by atoms with van der Waals surface area (Å²) in [6, 6.07) is 9.23. The molecule has 1 aliphatic heterocycles. The van der Waals surface area contributed by atoms with Gasteiger partial charge in [0.1, 0.15) is 5.75 Å². The predicted molar refractivity (Wildman–Crippen MR) is 125 cm³/mol. The van der Waals surface area contributed by atoms with E-state index in [1.807, 2.05) is 4.90 Å². The molecule has 0 atom stereocenters. The Morgan fingerprint density at radius 1 is 1.06 bits per heavy atom. The van der Waals surface area contributed by atoms with Crippen molar-refractivity contribution < 1.29 is 31.1 Å². The van der Waals surface area contributed by atoms with Gasteiger partial charge in [-0.2, -0.15) is 13.2 Å². The number of carbonyl (C=O) groups is 1. The smallest absolute Gasteiger partial charge is 0.416 e. The molecule has 2 fully saturated rings. The average Bonchev–Trinajstić information content (AvgIpc) is 2.82. The maximum Gasteiger partial charge on any atom is 0.416 e. The van der Waals surface area contributed by atoms with Crippen LogP contribution in [0.4, 0.5) is 18.9 Å². The van der Waals surface area contributed by atoms with Gasteiger partial charge in [-0.1, -0.05) is 6.42 Å². The summed E-state index contributed by atoms with van der Waals surface area (Å²) >= 11 is 0. The molecular weight excluding hydrogens is 483 g/mol. The lowest BCUT2D eigenvalue weighted by Crippen LogP contribution is -2.49. The average molecular weight is 512 g/mol. The van der Waals surface area contributed by atoms with Crippen LogP contribution < -0.4 is 14.4 Å². The van der Waals surface area contributed by atoms with Crippen molar-refractivity contribution in [2.75, 3.05) is 44.7 Å². The molecule has 1 saturated heterocycles. The first-order valence-electron chi connectivity index (χ1n) is 11.5. The van der Waals surface area contributed by atoms with Crippen molar-refractivity contribution in [1.29, 1.82) is 0 Å². The Morgan fingerprint density at radius 3 is 2.26 bits per heavy atom. The summed E-state index contributed by atoms with van der Waals surface area (Å²) < 4.78 is 71.3. The number of ether oxygens (including phenoxy) is 1. The van der Waals surface area contributed by atoms with Crippen molar-refractivity contribution in [2.24, 2.45) is 5.92 Å². The fourth-order valence-electron chi connectivity index (χ4n) is 4.15. The number of nitrogens with zero attached hydrogens (tertiary/aromatic N) is 2. The third-order valence-electron chi connectivity index (χ3n) is 6.59. The molecule has 4 rings (SSSR count). The van der Waals surface area contributed by atoms with E-state index in [2.05, 4.69) is 4.72 Å². The monoisotopic (exact) mass is 511 g/mol. The molecule has 7 nitrogen and oxygen atoms in total. The van der Waals surface area contributed by atoms with Crippen LogP contribution in [0.5, 0.6) is 5.75 Å². The van der Waals surface area contributed by atoms with Crippen molar-refractivity contribution in [2.45, 2.75) is 30.3 Å². The van der Waals surface area contributed by atoms with Crippen LogP contribution in [0, 0.1) is 5.92 Å². The number of rotatable bonds is 7. The van der Waals surface area contributed by atoms with Crippen LogP contribution >= 0.6 is 0 Å². The molecule has 0 aromatic heterocycles. The Bertz CT molecular complexity index is 1160. The van der Waals surface area contributed by atoms with Crippen molar-refractivity contribution in [3.63, 3.8) is 0 Å². The van der Waals surface area contributed by atoms with Gasteiger partial charge in [0.05, 0.1) is 22.6 Å². The highest BCUT2D eigenvalue weighted by molar-refractivity contribution is 7.89. The summed E-state index contributed by atoms with van der Waals surface area (Å²) in [7, 11) is -2.45. The van der Waals surface area contributed by atoms with E-state index in [1.165, 1.54) is 37.4 Å². The number of alkyl halides is 3. The first-order valence-corrected chi connectivity index (χ1v) is 13.0. The number of benzene rings is 2. The van der Waals surface area contributed by atoms with E-state index in [-0.39, 0.29) is 16.4 Å². The summed E-state index contributed by atoms with van der Waals surface area (Å²) in [5.41, 5.74) is 0.126. The number of piperazine rings is 1. The van der Waals surface area contributed by atoms with E-state index in [0.717, 1.165) is 31.4 Å². The Morgan fingerprint density at radius 2 is 1.71 bits per heavy atom. The van der Waals surface area contributed by atoms with Crippen molar-refractivity contribution in [1.82, 2.24) is 9.62 Å². The van der Waals surface area contributed by atoms with Crippen LogP contribution in [0.15, 0.2) is 47.4 Å². The quantitative estimate of drug-likeness (QED) is 0.613. The largest absolute Gasteiger partial charge is 0.492 e. The van der Waals surface area contributed by atoms with Gasteiger partial charge in [0.2, 0.25) is 10.0 Å². The zero-order chi connectivity index (χ0) is 25.2. The topological polar surface area (TPSA) is 78.9 Å². The Hall–Kier alpha value is -2.79. The molecule has 2 aromatic rings. The molecular formula is C24H28F3N3O4S. The van der Waals surface area contributed by atoms with Crippen LogP contribution in [-0.2, 0) is 16.2 Å². The predicted octanol–water partition coefficient (Wildman–Crippen LogP) is 3.75. The van der Waals surface area contributed by atoms with Crippen LogP contribution in [0.2, 0.25) is 0 Å². The number of nitrogens with one attached hydrogen (secondary N) is 1. The van der Waals surface area contributed by atoms with Gasteiger partial charge in [-0.05, 0) is 68.3 Å². The molecule has 2 aromatic carbocycles. The van der Waals surface area contributed by atoms with Crippen LogP contribution in [0.25, 0.3) is 0 Å². The second-order valence-corrected chi connectivity index (χ2v) is 10.7. The molecule has 1 heterocycles. The highest BCUT2D eigenvalue weighted by atomic mass is 32.2. The minimum atomic E-state index is -4.39. The van der Waals surface area contributed by atoms with Gasteiger partial charge in [-0.15, -0.1) is 0 Å². The molecule has 11 heteroatoms. The highest BCUT2D eigenvalue weighted by Gasteiger charge is 2.31. The highest BCUT2D eigenvalue weighted by Crippen LogP contribution is 2.32. The Labute approximate surface area is 202 Å². The van der Waals surface area contributed by atoms with Crippen molar-refractivity contribution >= 4 is 21.6 Å². The number of hydrogen-bond donors (Lipinski definition) is 1. The lowest BCUT2D eigenvalue weighted by molar-refractivity contribution is -0.137. The van der Waals surface area contributed by atoms with Gasteiger partial charge in [0, 0.05) is 31.9 Å². The molecule has 0 bridgehead atoms. The number of anilines is 1.